The van der Waals surface area contributed by atoms with Crippen molar-refractivity contribution in [3.05, 3.63) is 34.9 Å². The van der Waals surface area contributed by atoms with Gasteiger partial charge in [-0.05, 0) is 68.4 Å². The lowest BCUT2D eigenvalue weighted by Gasteiger charge is -2.27. The lowest BCUT2D eigenvalue weighted by molar-refractivity contribution is -0.136. The van der Waals surface area contributed by atoms with E-state index < -0.39 is 23.8 Å². The standard InChI is InChI=1S/C22H26N4O4/c27-19-4-3-18(20(28)24-19)26-21(29)16-2-1-13(9-17(16)22(26)30)11-25-8-6-15(12-25)14-5-7-23-10-14/h1-2,9,14-15,18,23H,3-8,10-12H2,(H,24,27,28). The fourth-order valence-electron chi connectivity index (χ4n) is 5.35. The second kappa shape index (κ2) is 7.59. The highest BCUT2D eigenvalue weighted by Crippen LogP contribution is 2.31. The minimum absolute atomic E-state index is 0.127. The number of amides is 4. The van der Waals surface area contributed by atoms with Gasteiger partial charge in [0.25, 0.3) is 11.8 Å². The predicted molar refractivity (Wildman–Crippen MR) is 107 cm³/mol. The Hall–Kier alpha value is -2.58. The molecule has 0 radical (unpaired) electrons. The molecule has 3 saturated heterocycles. The van der Waals surface area contributed by atoms with Crippen LogP contribution in [-0.2, 0) is 16.1 Å². The quantitative estimate of drug-likeness (QED) is 0.703. The zero-order chi connectivity index (χ0) is 20.8. The lowest BCUT2D eigenvalue weighted by Crippen LogP contribution is -2.54. The van der Waals surface area contributed by atoms with Crippen LogP contribution in [0.25, 0.3) is 0 Å². The van der Waals surface area contributed by atoms with Crippen molar-refractivity contribution >= 4 is 23.6 Å². The van der Waals surface area contributed by atoms with Crippen LogP contribution >= 0.6 is 0 Å². The first-order valence-corrected chi connectivity index (χ1v) is 10.8. The van der Waals surface area contributed by atoms with E-state index in [-0.39, 0.29) is 18.7 Å². The molecule has 8 heteroatoms. The third kappa shape index (κ3) is 3.33. The Morgan fingerprint density at radius 2 is 1.80 bits per heavy atom. The number of benzene rings is 1. The normalized spacial score (nSPS) is 29.6. The molecule has 5 rings (SSSR count). The minimum atomic E-state index is -0.919. The van der Waals surface area contributed by atoms with Crippen LogP contribution in [0.4, 0.5) is 0 Å². The van der Waals surface area contributed by atoms with Crippen LogP contribution in [0, 0.1) is 11.8 Å². The number of hydrogen-bond donors (Lipinski definition) is 2. The average molecular weight is 410 g/mol. The number of imide groups is 2. The van der Waals surface area contributed by atoms with Crippen molar-refractivity contribution in [1.82, 2.24) is 20.4 Å². The summed E-state index contributed by atoms with van der Waals surface area (Å²) in [5.74, 6) is -0.358. The van der Waals surface area contributed by atoms with Crippen LogP contribution in [0.1, 0.15) is 52.0 Å². The number of likely N-dealkylation sites (tertiary alicyclic amines) is 1. The van der Waals surface area contributed by atoms with E-state index in [4.69, 9.17) is 0 Å². The Bertz CT molecular complexity index is 924. The smallest absolute Gasteiger partial charge is 0.262 e. The number of carbonyl (C=O) groups excluding carboxylic acids is 4. The number of rotatable bonds is 4. The molecule has 0 bridgehead atoms. The first-order valence-electron chi connectivity index (χ1n) is 10.8. The molecule has 8 nitrogen and oxygen atoms in total. The van der Waals surface area contributed by atoms with E-state index in [0.29, 0.717) is 11.1 Å². The van der Waals surface area contributed by atoms with Gasteiger partial charge >= 0.3 is 0 Å². The average Bonchev–Trinajstić information content (AvgIpc) is 3.45. The highest BCUT2D eigenvalue weighted by molar-refractivity contribution is 6.23. The molecule has 4 aliphatic heterocycles. The van der Waals surface area contributed by atoms with Gasteiger partial charge in [0.15, 0.2) is 0 Å². The lowest BCUT2D eigenvalue weighted by atomic mass is 9.91. The maximum Gasteiger partial charge on any atom is 0.262 e. The number of hydrogen-bond acceptors (Lipinski definition) is 6. The molecule has 0 spiro atoms. The van der Waals surface area contributed by atoms with E-state index in [2.05, 4.69) is 15.5 Å². The molecule has 30 heavy (non-hydrogen) atoms. The van der Waals surface area contributed by atoms with E-state index in [9.17, 15) is 19.2 Å². The van der Waals surface area contributed by atoms with Gasteiger partial charge in [-0.25, -0.2) is 0 Å². The second-order valence-corrected chi connectivity index (χ2v) is 8.86. The molecule has 0 aromatic heterocycles. The molecular weight excluding hydrogens is 384 g/mol. The molecule has 3 unspecified atom stereocenters. The third-order valence-electron chi connectivity index (χ3n) is 6.98. The van der Waals surface area contributed by atoms with Crippen LogP contribution in [0.5, 0.6) is 0 Å². The maximum atomic E-state index is 13.0. The summed E-state index contributed by atoms with van der Waals surface area (Å²) in [6, 6.07) is 4.48. The SMILES string of the molecule is O=C1CCC(N2C(=O)c3ccc(CN4CCC(C5CCNC5)C4)cc3C2=O)C(=O)N1. The van der Waals surface area contributed by atoms with Crippen molar-refractivity contribution in [2.24, 2.45) is 11.8 Å². The van der Waals surface area contributed by atoms with E-state index in [1.165, 1.54) is 12.8 Å². The minimum Gasteiger partial charge on any atom is -0.316 e. The zero-order valence-electron chi connectivity index (χ0n) is 16.9. The van der Waals surface area contributed by atoms with Crippen molar-refractivity contribution < 1.29 is 19.2 Å². The Morgan fingerprint density at radius 3 is 2.57 bits per heavy atom. The van der Waals surface area contributed by atoms with E-state index in [1.807, 2.05) is 6.07 Å². The fraction of sp³-hybridized carbons (Fsp3) is 0.545. The molecule has 2 N–H and O–H groups in total. The van der Waals surface area contributed by atoms with Crippen LogP contribution in [0.15, 0.2) is 18.2 Å². The summed E-state index contributed by atoms with van der Waals surface area (Å²) in [5.41, 5.74) is 1.70. The van der Waals surface area contributed by atoms with Crippen LogP contribution in [-0.4, -0.2) is 65.6 Å². The highest BCUT2D eigenvalue weighted by Gasteiger charge is 2.44. The summed E-state index contributed by atoms with van der Waals surface area (Å²) in [6.07, 6.45) is 2.76. The fourth-order valence-corrected chi connectivity index (χ4v) is 5.35. The molecule has 0 aliphatic carbocycles. The van der Waals surface area contributed by atoms with Crippen molar-refractivity contribution in [2.75, 3.05) is 26.2 Å². The number of fused-ring (bicyclic) bond motifs is 1. The van der Waals surface area contributed by atoms with E-state index in [0.717, 1.165) is 55.0 Å². The van der Waals surface area contributed by atoms with Crippen molar-refractivity contribution in [3.63, 3.8) is 0 Å². The molecule has 158 valence electrons. The topological polar surface area (TPSA) is 98.8 Å². The largest absolute Gasteiger partial charge is 0.316 e. The van der Waals surface area contributed by atoms with Crippen molar-refractivity contribution in [1.29, 1.82) is 0 Å². The molecule has 4 aliphatic rings. The van der Waals surface area contributed by atoms with Crippen molar-refractivity contribution in [2.45, 2.75) is 38.3 Å². The summed E-state index contributed by atoms with van der Waals surface area (Å²) in [7, 11) is 0. The Kier molecular flexibility index (Phi) is 4.91. The molecular formula is C22H26N4O4. The van der Waals surface area contributed by atoms with Gasteiger partial charge in [0, 0.05) is 19.5 Å². The summed E-state index contributed by atoms with van der Waals surface area (Å²) in [5, 5.41) is 5.67. The van der Waals surface area contributed by atoms with Crippen molar-refractivity contribution in [3.8, 4) is 0 Å². The summed E-state index contributed by atoms with van der Waals surface area (Å²) in [4.78, 5) is 52.8. The highest BCUT2D eigenvalue weighted by atomic mass is 16.2. The first kappa shape index (κ1) is 19.4. The molecule has 3 atom stereocenters. The Labute approximate surface area is 175 Å². The van der Waals surface area contributed by atoms with Crippen LogP contribution < -0.4 is 10.6 Å². The van der Waals surface area contributed by atoms with Gasteiger partial charge in [0.05, 0.1) is 11.1 Å². The molecule has 4 amide bonds. The summed E-state index contributed by atoms with van der Waals surface area (Å²) < 4.78 is 0. The zero-order valence-corrected chi connectivity index (χ0v) is 16.9. The van der Waals surface area contributed by atoms with Gasteiger partial charge in [-0.15, -0.1) is 0 Å². The van der Waals surface area contributed by atoms with Gasteiger partial charge in [-0.1, -0.05) is 6.07 Å². The maximum absolute atomic E-state index is 13.0. The molecule has 4 heterocycles. The predicted octanol–water partition coefficient (Wildman–Crippen LogP) is 0.519. The van der Waals surface area contributed by atoms with E-state index >= 15 is 0 Å². The van der Waals surface area contributed by atoms with Gasteiger partial charge in [0.1, 0.15) is 6.04 Å². The summed E-state index contributed by atoms with van der Waals surface area (Å²) >= 11 is 0. The number of nitrogens with one attached hydrogen (secondary N) is 2. The van der Waals surface area contributed by atoms with Gasteiger partial charge in [-0.3, -0.25) is 34.3 Å². The van der Waals surface area contributed by atoms with Gasteiger partial charge < -0.3 is 5.32 Å². The first-order chi connectivity index (χ1) is 14.5. The van der Waals surface area contributed by atoms with Crippen LogP contribution in [0.2, 0.25) is 0 Å². The van der Waals surface area contributed by atoms with Gasteiger partial charge in [0.2, 0.25) is 11.8 Å². The number of nitrogens with zero attached hydrogens (tertiary/aromatic N) is 2. The van der Waals surface area contributed by atoms with Gasteiger partial charge in [-0.2, -0.15) is 0 Å². The third-order valence-corrected chi connectivity index (χ3v) is 6.98. The Morgan fingerprint density at radius 1 is 0.967 bits per heavy atom. The monoisotopic (exact) mass is 410 g/mol. The van der Waals surface area contributed by atoms with Crippen LogP contribution in [0.3, 0.4) is 0 Å². The summed E-state index contributed by atoms with van der Waals surface area (Å²) in [6.45, 7) is 5.10. The van der Waals surface area contributed by atoms with E-state index in [1.54, 1.807) is 12.1 Å². The second-order valence-electron chi connectivity index (χ2n) is 8.86. The molecule has 0 saturated carbocycles. The number of piperidine rings is 1. The molecule has 1 aromatic carbocycles. The Balaban J connectivity index is 1.29. The molecule has 3 fully saturated rings. The number of carbonyl (C=O) groups is 4. The molecule has 1 aromatic rings.